The largest absolute Gasteiger partial charge is 0.395 e. The van der Waals surface area contributed by atoms with Crippen LogP contribution in [0.4, 0.5) is 5.69 Å². The summed E-state index contributed by atoms with van der Waals surface area (Å²) in [6, 6.07) is 3.71. The molecule has 1 amide bonds. The molecule has 0 saturated heterocycles. The first kappa shape index (κ1) is 13.1. The van der Waals surface area contributed by atoms with Gasteiger partial charge >= 0.3 is 0 Å². The Morgan fingerprint density at radius 1 is 1.42 bits per heavy atom. The van der Waals surface area contributed by atoms with Crippen LogP contribution in [0.2, 0.25) is 0 Å². The van der Waals surface area contributed by atoms with Gasteiger partial charge in [0.05, 0.1) is 11.4 Å². The number of nitrogens with zero attached hydrogens (tertiary/aromatic N) is 3. The van der Waals surface area contributed by atoms with Crippen molar-refractivity contribution in [2.45, 2.75) is 26.9 Å². The van der Waals surface area contributed by atoms with E-state index in [9.17, 15) is 4.79 Å². The van der Waals surface area contributed by atoms with Crippen LogP contribution >= 0.6 is 0 Å². The van der Waals surface area contributed by atoms with Crippen molar-refractivity contribution in [3.8, 4) is 0 Å². The number of nitrogens with one attached hydrogen (secondary N) is 1. The van der Waals surface area contributed by atoms with Crippen LogP contribution in [0.3, 0.4) is 0 Å². The van der Waals surface area contributed by atoms with E-state index in [1.807, 2.05) is 19.1 Å². The molecule has 0 aliphatic heterocycles. The van der Waals surface area contributed by atoms with E-state index in [1.165, 1.54) is 0 Å². The molecule has 19 heavy (non-hydrogen) atoms. The minimum absolute atomic E-state index is 0.211. The molecular formula is C13H17N5O. The van der Waals surface area contributed by atoms with Crippen LogP contribution in [0, 0.1) is 6.92 Å². The van der Waals surface area contributed by atoms with Gasteiger partial charge in [-0.15, -0.1) is 0 Å². The molecule has 2 aromatic rings. The van der Waals surface area contributed by atoms with Crippen LogP contribution in [-0.2, 0) is 13.1 Å². The Kier molecular flexibility index (Phi) is 3.79. The van der Waals surface area contributed by atoms with Crippen molar-refractivity contribution in [2.75, 3.05) is 5.73 Å². The lowest BCUT2D eigenvalue weighted by Crippen LogP contribution is -2.26. The van der Waals surface area contributed by atoms with Crippen LogP contribution in [0.1, 0.15) is 28.7 Å². The van der Waals surface area contributed by atoms with E-state index in [4.69, 9.17) is 5.73 Å². The average Bonchev–Trinajstić information content (AvgIpc) is 2.73. The van der Waals surface area contributed by atoms with Gasteiger partial charge < -0.3 is 11.1 Å². The molecule has 0 radical (unpaired) electrons. The highest BCUT2D eigenvalue weighted by atomic mass is 16.2. The number of nitrogen functional groups attached to an aromatic ring is 1. The number of aromatic nitrogens is 3. The molecule has 0 aliphatic carbocycles. The molecule has 0 atom stereocenters. The lowest BCUT2D eigenvalue weighted by Gasteiger charge is -2.07. The number of hydrogen-bond donors (Lipinski definition) is 2. The first-order chi connectivity index (χ1) is 9.13. The number of rotatable bonds is 4. The van der Waals surface area contributed by atoms with Crippen molar-refractivity contribution in [3.05, 3.63) is 41.5 Å². The Morgan fingerprint density at radius 2 is 2.11 bits per heavy atom. The molecule has 0 unspecified atom stereocenters. The molecule has 0 aromatic carbocycles. The fraction of sp³-hybridized carbons (Fsp3) is 0.308. The van der Waals surface area contributed by atoms with Gasteiger partial charge in [0.25, 0.3) is 5.91 Å². The number of aryl methyl sites for hydroxylation is 2. The molecular weight excluding hydrogens is 242 g/mol. The quantitative estimate of drug-likeness (QED) is 0.861. The lowest BCUT2D eigenvalue weighted by atomic mass is 10.2. The summed E-state index contributed by atoms with van der Waals surface area (Å²) in [5.74, 6) is -0.211. The van der Waals surface area contributed by atoms with E-state index >= 15 is 0 Å². The lowest BCUT2D eigenvalue weighted by molar-refractivity contribution is 0.0941. The number of nitrogens with two attached hydrogens (primary N) is 1. The maximum atomic E-state index is 12.2. The van der Waals surface area contributed by atoms with Crippen molar-refractivity contribution in [3.63, 3.8) is 0 Å². The third-order valence-corrected chi connectivity index (χ3v) is 2.89. The molecule has 2 aromatic heterocycles. The van der Waals surface area contributed by atoms with Crippen LogP contribution in [0.25, 0.3) is 0 Å². The molecule has 2 heterocycles. The summed E-state index contributed by atoms with van der Waals surface area (Å²) in [4.78, 5) is 16.1. The third kappa shape index (κ3) is 2.73. The molecule has 0 spiro atoms. The highest BCUT2D eigenvalue weighted by molar-refractivity contribution is 5.97. The van der Waals surface area contributed by atoms with Crippen molar-refractivity contribution in [2.24, 2.45) is 0 Å². The van der Waals surface area contributed by atoms with Crippen molar-refractivity contribution < 1.29 is 4.79 Å². The summed E-state index contributed by atoms with van der Waals surface area (Å²) in [6.07, 6.45) is 3.38. The van der Waals surface area contributed by atoms with Gasteiger partial charge in [0, 0.05) is 25.5 Å². The van der Waals surface area contributed by atoms with Crippen LogP contribution < -0.4 is 11.1 Å². The first-order valence-corrected chi connectivity index (χ1v) is 6.13. The van der Waals surface area contributed by atoms with Gasteiger partial charge in [-0.05, 0) is 31.5 Å². The Bertz CT molecular complexity index is 576. The normalized spacial score (nSPS) is 10.4. The average molecular weight is 259 g/mol. The predicted molar refractivity (Wildman–Crippen MR) is 72.5 cm³/mol. The van der Waals surface area contributed by atoms with E-state index in [0.29, 0.717) is 30.2 Å². The fourth-order valence-corrected chi connectivity index (χ4v) is 1.83. The van der Waals surface area contributed by atoms with E-state index in [0.717, 1.165) is 5.56 Å². The number of amides is 1. The maximum absolute atomic E-state index is 12.2. The Balaban J connectivity index is 2.12. The summed E-state index contributed by atoms with van der Waals surface area (Å²) in [6.45, 7) is 4.76. The van der Waals surface area contributed by atoms with Gasteiger partial charge in [0.15, 0.2) is 0 Å². The number of pyridine rings is 1. The Hall–Kier alpha value is -2.37. The molecule has 100 valence electrons. The Labute approximate surface area is 111 Å². The zero-order valence-corrected chi connectivity index (χ0v) is 11.1. The molecule has 2 rings (SSSR count). The van der Waals surface area contributed by atoms with E-state index in [2.05, 4.69) is 15.4 Å². The zero-order valence-electron chi connectivity index (χ0n) is 11.1. The summed E-state index contributed by atoms with van der Waals surface area (Å²) in [5.41, 5.74) is 8.42. The van der Waals surface area contributed by atoms with Crippen LogP contribution in [-0.4, -0.2) is 20.7 Å². The topological polar surface area (TPSA) is 85.8 Å². The number of carbonyl (C=O) groups is 1. The minimum atomic E-state index is -0.211. The number of carbonyl (C=O) groups excluding carboxylic acids is 1. The standard InChI is InChI=1S/C13H17N5O/c1-3-18-12(11(14)9(2)17-18)13(19)16-8-10-4-6-15-7-5-10/h4-7H,3,8,14H2,1-2H3,(H,16,19). The molecule has 3 N–H and O–H groups in total. The number of hydrogen-bond acceptors (Lipinski definition) is 4. The molecule has 0 bridgehead atoms. The van der Waals surface area contributed by atoms with Crippen LogP contribution in [0.15, 0.2) is 24.5 Å². The predicted octanol–water partition coefficient (Wildman–Crippen LogP) is 1.12. The maximum Gasteiger partial charge on any atom is 0.271 e. The number of anilines is 1. The third-order valence-electron chi connectivity index (χ3n) is 2.89. The summed E-state index contributed by atoms with van der Waals surface area (Å²) < 4.78 is 1.62. The summed E-state index contributed by atoms with van der Waals surface area (Å²) in [5, 5.41) is 7.06. The summed E-state index contributed by atoms with van der Waals surface area (Å²) in [7, 11) is 0. The van der Waals surface area contributed by atoms with Gasteiger partial charge in [0.2, 0.25) is 0 Å². The second-order valence-electron chi connectivity index (χ2n) is 4.20. The van der Waals surface area contributed by atoms with E-state index in [-0.39, 0.29) is 5.91 Å². The molecule has 0 aliphatic rings. The summed E-state index contributed by atoms with van der Waals surface area (Å²) >= 11 is 0. The molecule has 0 saturated carbocycles. The van der Waals surface area contributed by atoms with Crippen LogP contribution in [0.5, 0.6) is 0 Å². The van der Waals surface area contributed by atoms with Gasteiger partial charge in [-0.2, -0.15) is 5.10 Å². The van der Waals surface area contributed by atoms with Gasteiger partial charge in [-0.3, -0.25) is 14.5 Å². The van der Waals surface area contributed by atoms with Gasteiger partial charge in [0.1, 0.15) is 5.69 Å². The molecule has 6 nitrogen and oxygen atoms in total. The first-order valence-electron chi connectivity index (χ1n) is 6.13. The van der Waals surface area contributed by atoms with Crippen molar-refractivity contribution >= 4 is 11.6 Å². The monoisotopic (exact) mass is 259 g/mol. The van der Waals surface area contributed by atoms with Crippen molar-refractivity contribution in [1.82, 2.24) is 20.1 Å². The fourth-order valence-electron chi connectivity index (χ4n) is 1.83. The molecule has 6 heteroatoms. The van der Waals surface area contributed by atoms with E-state index in [1.54, 1.807) is 24.0 Å². The van der Waals surface area contributed by atoms with Crippen molar-refractivity contribution in [1.29, 1.82) is 0 Å². The van der Waals surface area contributed by atoms with Gasteiger partial charge in [-0.25, -0.2) is 0 Å². The Morgan fingerprint density at radius 3 is 2.74 bits per heavy atom. The highest BCUT2D eigenvalue weighted by Crippen LogP contribution is 2.16. The second-order valence-corrected chi connectivity index (χ2v) is 4.20. The van der Waals surface area contributed by atoms with Gasteiger partial charge in [-0.1, -0.05) is 0 Å². The molecule has 0 fully saturated rings. The highest BCUT2D eigenvalue weighted by Gasteiger charge is 2.18. The minimum Gasteiger partial charge on any atom is -0.395 e. The zero-order chi connectivity index (χ0) is 13.8. The van der Waals surface area contributed by atoms with E-state index < -0.39 is 0 Å². The second kappa shape index (κ2) is 5.51. The SMILES string of the molecule is CCn1nc(C)c(N)c1C(=O)NCc1ccncc1. The smallest absolute Gasteiger partial charge is 0.271 e.